The van der Waals surface area contributed by atoms with Crippen LogP contribution < -0.4 is 5.32 Å². The van der Waals surface area contributed by atoms with Gasteiger partial charge in [0.15, 0.2) is 11.9 Å². The summed E-state index contributed by atoms with van der Waals surface area (Å²) in [5.41, 5.74) is 1.52. The maximum Gasteiger partial charge on any atom is 0.302 e. The molecule has 0 aliphatic carbocycles. The second-order valence-electron chi connectivity index (χ2n) is 6.71. The largest absolute Gasteiger partial charge is 0.463 e. The number of fused-ring (bicyclic) bond motifs is 1. The Balaban J connectivity index is 1.54. The fraction of sp³-hybridized carbons (Fsp3) is 0.368. The molecule has 1 aliphatic heterocycles. The first kappa shape index (κ1) is 19.9. The van der Waals surface area contributed by atoms with Crippen molar-refractivity contribution in [3.05, 3.63) is 46.3 Å². The first-order chi connectivity index (χ1) is 14.0. The van der Waals surface area contributed by atoms with Crippen molar-refractivity contribution in [2.75, 3.05) is 11.9 Å². The van der Waals surface area contributed by atoms with Crippen molar-refractivity contribution in [2.45, 2.75) is 38.6 Å². The fourth-order valence-corrected chi connectivity index (χ4v) is 3.63. The lowest BCUT2D eigenvalue weighted by Crippen LogP contribution is -2.19. The SMILES string of the molecule is CC(=O)OC[C@@H]1CC[C@H](n2ncc3c(NCc4ccccc4Cl)nc(Cl)nc32)O1. The highest BCUT2D eigenvalue weighted by molar-refractivity contribution is 6.31. The third-order valence-electron chi connectivity index (χ3n) is 4.66. The molecule has 3 heterocycles. The molecule has 1 aliphatic rings. The van der Waals surface area contributed by atoms with Gasteiger partial charge in [-0.1, -0.05) is 29.8 Å². The number of rotatable bonds is 6. The highest BCUT2D eigenvalue weighted by Crippen LogP contribution is 2.32. The van der Waals surface area contributed by atoms with Gasteiger partial charge in [-0.15, -0.1) is 0 Å². The minimum absolute atomic E-state index is 0.107. The average Bonchev–Trinajstić information content (AvgIpc) is 3.32. The topological polar surface area (TPSA) is 91.2 Å². The first-order valence-corrected chi connectivity index (χ1v) is 9.93. The molecule has 1 N–H and O–H groups in total. The molecule has 2 aromatic heterocycles. The molecule has 3 aromatic rings. The Bertz CT molecular complexity index is 1040. The Morgan fingerprint density at radius 3 is 2.93 bits per heavy atom. The van der Waals surface area contributed by atoms with Crippen LogP contribution in [0.15, 0.2) is 30.5 Å². The van der Waals surface area contributed by atoms with Crippen molar-refractivity contribution in [1.29, 1.82) is 0 Å². The van der Waals surface area contributed by atoms with Crippen molar-refractivity contribution in [3.63, 3.8) is 0 Å². The maximum absolute atomic E-state index is 11.0. The number of hydrogen-bond donors (Lipinski definition) is 1. The number of aromatic nitrogens is 4. The van der Waals surface area contributed by atoms with Crippen molar-refractivity contribution < 1.29 is 14.3 Å². The summed E-state index contributed by atoms with van der Waals surface area (Å²) in [7, 11) is 0. The van der Waals surface area contributed by atoms with Crippen LogP contribution >= 0.6 is 23.2 Å². The van der Waals surface area contributed by atoms with Gasteiger partial charge < -0.3 is 14.8 Å². The summed E-state index contributed by atoms with van der Waals surface area (Å²) in [5, 5.41) is 9.21. The lowest BCUT2D eigenvalue weighted by molar-refractivity contribution is -0.145. The smallest absolute Gasteiger partial charge is 0.302 e. The van der Waals surface area contributed by atoms with E-state index in [2.05, 4.69) is 20.4 Å². The highest BCUT2D eigenvalue weighted by atomic mass is 35.5. The zero-order chi connectivity index (χ0) is 20.4. The molecular formula is C19H19Cl2N5O3. The molecule has 1 saturated heterocycles. The van der Waals surface area contributed by atoms with Crippen molar-refractivity contribution in [2.24, 2.45) is 0 Å². The molecular weight excluding hydrogens is 417 g/mol. The van der Waals surface area contributed by atoms with E-state index >= 15 is 0 Å². The van der Waals surface area contributed by atoms with Gasteiger partial charge in [0.2, 0.25) is 5.28 Å². The number of nitrogens with one attached hydrogen (secondary N) is 1. The van der Waals surface area contributed by atoms with Gasteiger partial charge in [0.25, 0.3) is 0 Å². The molecule has 1 fully saturated rings. The molecule has 0 saturated carbocycles. The molecule has 152 valence electrons. The summed E-state index contributed by atoms with van der Waals surface area (Å²) in [6.45, 7) is 2.09. The van der Waals surface area contributed by atoms with Crippen LogP contribution in [0.25, 0.3) is 11.0 Å². The Labute approximate surface area is 177 Å². The average molecular weight is 436 g/mol. The molecule has 0 unspecified atom stereocenters. The van der Waals surface area contributed by atoms with Gasteiger partial charge in [-0.25, -0.2) is 4.68 Å². The fourth-order valence-electron chi connectivity index (χ4n) is 3.26. The van der Waals surface area contributed by atoms with Crippen molar-refractivity contribution in [3.8, 4) is 0 Å². The van der Waals surface area contributed by atoms with Crippen LogP contribution in [0.3, 0.4) is 0 Å². The number of halogens is 2. The van der Waals surface area contributed by atoms with Crippen LogP contribution in [-0.2, 0) is 20.8 Å². The van der Waals surface area contributed by atoms with E-state index in [-0.39, 0.29) is 30.2 Å². The van der Waals surface area contributed by atoms with Gasteiger partial charge in [0.1, 0.15) is 12.4 Å². The normalized spacial score (nSPS) is 18.9. The van der Waals surface area contributed by atoms with Gasteiger partial charge in [-0.05, 0) is 36.1 Å². The lowest BCUT2D eigenvalue weighted by Gasteiger charge is -2.15. The summed E-state index contributed by atoms with van der Waals surface area (Å²) in [6.07, 6.45) is 2.69. The van der Waals surface area contributed by atoms with Crippen molar-refractivity contribution >= 4 is 46.0 Å². The van der Waals surface area contributed by atoms with Gasteiger partial charge in [0, 0.05) is 18.5 Å². The predicted molar refractivity (Wildman–Crippen MR) is 109 cm³/mol. The number of carbonyl (C=O) groups is 1. The third-order valence-corrected chi connectivity index (χ3v) is 5.20. The van der Waals surface area contributed by atoms with Crippen LogP contribution in [0.1, 0.15) is 31.6 Å². The second-order valence-corrected chi connectivity index (χ2v) is 7.45. The van der Waals surface area contributed by atoms with Gasteiger partial charge >= 0.3 is 5.97 Å². The molecule has 0 radical (unpaired) electrons. The van der Waals surface area contributed by atoms with Crippen LogP contribution in [-0.4, -0.2) is 38.4 Å². The zero-order valence-corrected chi connectivity index (χ0v) is 17.2. The summed E-state index contributed by atoms with van der Waals surface area (Å²) >= 11 is 12.4. The predicted octanol–water partition coefficient (Wildman–Crippen LogP) is 3.99. The van der Waals surface area contributed by atoms with Gasteiger partial charge in [-0.2, -0.15) is 15.1 Å². The molecule has 29 heavy (non-hydrogen) atoms. The molecule has 4 rings (SSSR count). The molecule has 0 amide bonds. The van der Waals surface area contributed by atoms with Crippen LogP contribution in [0.4, 0.5) is 5.82 Å². The number of esters is 1. The summed E-state index contributed by atoms with van der Waals surface area (Å²) in [4.78, 5) is 19.6. The Morgan fingerprint density at radius 1 is 1.31 bits per heavy atom. The third kappa shape index (κ3) is 4.44. The number of anilines is 1. The Morgan fingerprint density at radius 2 is 2.14 bits per heavy atom. The number of benzene rings is 1. The Hall–Kier alpha value is -2.42. The molecule has 0 bridgehead atoms. The van der Waals surface area contributed by atoms with Gasteiger partial charge in [-0.3, -0.25) is 4.79 Å². The van der Waals surface area contributed by atoms with Crippen LogP contribution in [0.5, 0.6) is 0 Å². The molecule has 0 spiro atoms. The quantitative estimate of drug-likeness (QED) is 0.462. The molecule has 2 atom stereocenters. The minimum Gasteiger partial charge on any atom is -0.463 e. The van der Waals surface area contributed by atoms with E-state index in [9.17, 15) is 4.79 Å². The van der Waals surface area contributed by atoms with E-state index in [4.69, 9.17) is 32.7 Å². The highest BCUT2D eigenvalue weighted by Gasteiger charge is 2.29. The molecule has 10 heteroatoms. The minimum atomic E-state index is -0.324. The zero-order valence-electron chi connectivity index (χ0n) is 15.6. The molecule has 8 nitrogen and oxygen atoms in total. The van der Waals surface area contributed by atoms with Crippen LogP contribution in [0.2, 0.25) is 10.3 Å². The van der Waals surface area contributed by atoms with E-state index in [0.29, 0.717) is 23.0 Å². The Kier molecular flexibility index (Phi) is 5.84. The lowest BCUT2D eigenvalue weighted by atomic mass is 10.2. The van der Waals surface area contributed by atoms with E-state index in [1.165, 1.54) is 6.92 Å². The summed E-state index contributed by atoms with van der Waals surface area (Å²) < 4.78 is 12.7. The number of nitrogens with zero attached hydrogens (tertiary/aromatic N) is 4. The monoisotopic (exact) mass is 435 g/mol. The number of hydrogen-bond acceptors (Lipinski definition) is 7. The summed E-state index contributed by atoms with van der Waals surface area (Å²) in [6, 6.07) is 7.58. The van der Waals surface area contributed by atoms with E-state index in [1.54, 1.807) is 10.9 Å². The van der Waals surface area contributed by atoms with Crippen LogP contribution in [0, 0.1) is 0 Å². The summed E-state index contributed by atoms with van der Waals surface area (Å²) in [5.74, 6) is 0.246. The van der Waals surface area contributed by atoms with E-state index in [1.807, 2.05) is 24.3 Å². The standard InChI is InChI=1S/C19H19Cl2N5O3/c1-11(27)28-10-13-6-7-16(29-13)26-18-14(9-23-26)17(24-19(21)25-18)22-8-12-4-2-3-5-15(12)20/h2-5,9,13,16H,6-8,10H2,1H3,(H,22,24,25)/t13-,16+/m0/s1. The van der Waals surface area contributed by atoms with Gasteiger partial charge in [0.05, 0.1) is 17.7 Å². The number of carbonyl (C=O) groups excluding carboxylic acids is 1. The second kappa shape index (κ2) is 8.52. The van der Waals surface area contributed by atoms with Crippen molar-refractivity contribution in [1.82, 2.24) is 19.7 Å². The molecule has 1 aromatic carbocycles. The number of ether oxygens (including phenoxy) is 2. The first-order valence-electron chi connectivity index (χ1n) is 9.18. The van der Waals surface area contributed by atoms with E-state index in [0.717, 1.165) is 23.8 Å². The maximum atomic E-state index is 11.0. The van der Waals surface area contributed by atoms with E-state index < -0.39 is 0 Å².